The van der Waals surface area contributed by atoms with Gasteiger partial charge in [0.25, 0.3) is 0 Å². The third kappa shape index (κ3) is 3.36. The van der Waals surface area contributed by atoms with Gasteiger partial charge in [-0.1, -0.05) is 24.3 Å². The summed E-state index contributed by atoms with van der Waals surface area (Å²) in [6, 6.07) is 14.5. The molecule has 3 rings (SSSR count). The molecule has 120 valence electrons. The monoisotopic (exact) mass is 312 g/mol. The second-order valence-electron chi connectivity index (χ2n) is 6.02. The minimum atomic E-state index is -0.223. The molecule has 2 aromatic carbocycles. The van der Waals surface area contributed by atoms with E-state index < -0.39 is 0 Å². The van der Waals surface area contributed by atoms with Gasteiger partial charge in [0, 0.05) is 30.9 Å². The van der Waals surface area contributed by atoms with Gasteiger partial charge >= 0.3 is 0 Å². The lowest BCUT2D eigenvalue weighted by atomic mass is 10.1. The fourth-order valence-corrected chi connectivity index (χ4v) is 2.84. The standard InChI is InChI=1S/C19H21FN2O/c1-3-22(2)14-8-6-7-13(11-14)21-19(23)17-12-16(17)15-9-4-5-10-18(15)20/h4-11,16-17H,3,12H2,1-2H3,(H,21,23). The zero-order valence-corrected chi connectivity index (χ0v) is 13.4. The van der Waals surface area contributed by atoms with Crippen LogP contribution in [0.25, 0.3) is 0 Å². The number of nitrogens with zero attached hydrogens (tertiary/aromatic N) is 1. The Hall–Kier alpha value is -2.36. The van der Waals surface area contributed by atoms with Crippen LogP contribution in [-0.2, 0) is 4.79 Å². The molecule has 2 atom stereocenters. The van der Waals surface area contributed by atoms with Crippen molar-refractivity contribution in [1.82, 2.24) is 0 Å². The summed E-state index contributed by atoms with van der Waals surface area (Å²) < 4.78 is 13.8. The summed E-state index contributed by atoms with van der Waals surface area (Å²) in [7, 11) is 2.01. The first-order chi connectivity index (χ1) is 11.1. The number of rotatable bonds is 5. The summed E-state index contributed by atoms with van der Waals surface area (Å²) in [4.78, 5) is 14.5. The molecule has 0 heterocycles. The summed E-state index contributed by atoms with van der Waals surface area (Å²) in [6.45, 7) is 2.98. The van der Waals surface area contributed by atoms with Crippen LogP contribution in [0.4, 0.5) is 15.8 Å². The minimum absolute atomic E-state index is 0.00213. The summed E-state index contributed by atoms with van der Waals surface area (Å²) in [5.74, 6) is -0.397. The lowest BCUT2D eigenvalue weighted by Crippen LogP contribution is -2.17. The first kappa shape index (κ1) is 15.5. The Bertz CT molecular complexity index is 716. The van der Waals surface area contributed by atoms with Gasteiger partial charge in [0.2, 0.25) is 5.91 Å². The van der Waals surface area contributed by atoms with Crippen LogP contribution in [-0.4, -0.2) is 19.5 Å². The van der Waals surface area contributed by atoms with Crippen molar-refractivity contribution in [2.45, 2.75) is 19.3 Å². The van der Waals surface area contributed by atoms with E-state index >= 15 is 0 Å². The van der Waals surface area contributed by atoms with Crippen molar-refractivity contribution in [3.63, 3.8) is 0 Å². The molecule has 0 saturated heterocycles. The van der Waals surface area contributed by atoms with E-state index in [2.05, 4.69) is 17.1 Å². The van der Waals surface area contributed by atoms with Crippen LogP contribution in [0.2, 0.25) is 0 Å². The van der Waals surface area contributed by atoms with Crippen LogP contribution in [0.5, 0.6) is 0 Å². The first-order valence-electron chi connectivity index (χ1n) is 7.96. The molecule has 0 bridgehead atoms. The molecule has 0 radical (unpaired) electrons. The average Bonchev–Trinajstić information content (AvgIpc) is 3.35. The molecule has 3 nitrogen and oxygen atoms in total. The summed E-state index contributed by atoms with van der Waals surface area (Å²) in [6.07, 6.45) is 0.710. The van der Waals surface area contributed by atoms with Gasteiger partial charge < -0.3 is 10.2 Å². The molecule has 1 aliphatic rings. The molecule has 4 heteroatoms. The maximum absolute atomic E-state index is 13.8. The van der Waals surface area contributed by atoms with E-state index in [1.165, 1.54) is 6.07 Å². The highest BCUT2D eigenvalue weighted by atomic mass is 19.1. The highest BCUT2D eigenvalue weighted by molar-refractivity contribution is 5.95. The van der Waals surface area contributed by atoms with Gasteiger partial charge in [0.15, 0.2) is 0 Å². The number of carbonyl (C=O) groups excluding carboxylic acids is 1. The second kappa shape index (κ2) is 6.41. The van der Waals surface area contributed by atoms with Gasteiger partial charge in [-0.3, -0.25) is 4.79 Å². The molecule has 0 aliphatic heterocycles. The Morgan fingerprint density at radius 1 is 1.26 bits per heavy atom. The highest BCUT2D eigenvalue weighted by Gasteiger charge is 2.45. The van der Waals surface area contributed by atoms with E-state index in [4.69, 9.17) is 0 Å². The third-order valence-corrected chi connectivity index (χ3v) is 4.46. The lowest BCUT2D eigenvalue weighted by molar-refractivity contribution is -0.117. The van der Waals surface area contributed by atoms with Crippen LogP contribution < -0.4 is 10.2 Å². The molecule has 1 N–H and O–H groups in total. The van der Waals surface area contributed by atoms with Crippen LogP contribution in [0.3, 0.4) is 0 Å². The van der Waals surface area contributed by atoms with E-state index in [0.29, 0.717) is 12.0 Å². The smallest absolute Gasteiger partial charge is 0.228 e. The van der Waals surface area contributed by atoms with E-state index in [1.807, 2.05) is 37.4 Å². The fourth-order valence-electron chi connectivity index (χ4n) is 2.84. The lowest BCUT2D eigenvalue weighted by Gasteiger charge is -2.17. The van der Waals surface area contributed by atoms with Crippen molar-refractivity contribution < 1.29 is 9.18 Å². The predicted octanol–water partition coefficient (Wildman–Crippen LogP) is 4.02. The summed E-state index contributed by atoms with van der Waals surface area (Å²) >= 11 is 0. The van der Waals surface area contributed by atoms with Gasteiger partial charge in [-0.25, -0.2) is 4.39 Å². The minimum Gasteiger partial charge on any atom is -0.375 e. The van der Waals surface area contributed by atoms with Crippen molar-refractivity contribution in [1.29, 1.82) is 0 Å². The molecule has 1 aliphatic carbocycles. The van der Waals surface area contributed by atoms with Crippen LogP contribution >= 0.6 is 0 Å². The Labute approximate surface area is 136 Å². The van der Waals surface area contributed by atoms with Crippen molar-refractivity contribution in [3.05, 3.63) is 59.9 Å². The molecule has 2 unspecified atom stereocenters. The Kier molecular flexibility index (Phi) is 4.33. The number of halogens is 1. The zero-order chi connectivity index (χ0) is 16.4. The van der Waals surface area contributed by atoms with Gasteiger partial charge in [0.1, 0.15) is 5.82 Å². The van der Waals surface area contributed by atoms with Crippen molar-refractivity contribution in [2.24, 2.45) is 5.92 Å². The van der Waals surface area contributed by atoms with Crippen molar-refractivity contribution in [2.75, 3.05) is 23.8 Å². The van der Waals surface area contributed by atoms with Gasteiger partial charge in [-0.05, 0) is 49.1 Å². The molecule has 1 amide bonds. The number of hydrogen-bond donors (Lipinski definition) is 1. The number of anilines is 2. The van der Waals surface area contributed by atoms with E-state index in [9.17, 15) is 9.18 Å². The van der Waals surface area contributed by atoms with Gasteiger partial charge in [0.05, 0.1) is 0 Å². The molecule has 2 aromatic rings. The van der Waals surface area contributed by atoms with Crippen LogP contribution in [0, 0.1) is 11.7 Å². The summed E-state index contributed by atoms with van der Waals surface area (Å²) in [5, 5.41) is 2.95. The Morgan fingerprint density at radius 2 is 2.04 bits per heavy atom. The Morgan fingerprint density at radius 3 is 2.78 bits per heavy atom. The van der Waals surface area contributed by atoms with Gasteiger partial charge in [-0.2, -0.15) is 0 Å². The maximum Gasteiger partial charge on any atom is 0.228 e. The van der Waals surface area contributed by atoms with Crippen molar-refractivity contribution in [3.8, 4) is 0 Å². The summed E-state index contributed by atoms with van der Waals surface area (Å²) in [5.41, 5.74) is 2.49. The highest BCUT2D eigenvalue weighted by Crippen LogP contribution is 2.48. The van der Waals surface area contributed by atoms with E-state index in [-0.39, 0.29) is 23.6 Å². The molecule has 23 heavy (non-hydrogen) atoms. The largest absolute Gasteiger partial charge is 0.375 e. The molecule has 0 aromatic heterocycles. The topological polar surface area (TPSA) is 32.3 Å². The molecule has 1 fully saturated rings. The normalized spacial score (nSPS) is 19.3. The molecule has 1 saturated carbocycles. The molecular weight excluding hydrogens is 291 g/mol. The average molecular weight is 312 g/mol. The maximum atomic E-state index is 13.8. The van der Waals surface area contributed by atoms with Gasteiger partial charge in [-0.15, -0.1) is 0 Å². The molecular formula is C19H21FN2O. The van der Waals surface area contributed by atoms with E-state index in [1.54, 1.807) is 12.1 Å². The SMILES string of the molecule is CCN(C)c1cccc(NC(=O)C2CC2c2ccccc2F)c1. The number of nitrogens with one attached hydrogen (secondary N) is 1. The number of benzene rings is 2. The van der Waals surface area contributed by atoms with Crippen molar-refractivity contribution >= 4 is 17.3 Å². The fraction of sp³-hybridized carbons (Fsp3) is 0.316. The second-order valence-corrected chi connectivity index (χ2v) is 6.02. The van der Waals surface area contributed by atoms with Crippen LogP contribution in [0.15, 0.2) is 48.5 Å². The quantitative estimate of drug-likeness (QED) is 0.904. The Balaban J connectivity index is 1.66. The predicted molar refractivity (Wildman–Crippen MR) is 91.3 cm³/mol. The molecule has 0 spiro atoms. The zero-order valence-electron chi connectivity index (χ0n) is 13.4. The first-order valence-corrected chi connectivity index (χ1v) is 7.96. The van der Waals surface area contributed by atoms with E-state index in [0.717, 1.165) is 17.9 Å². The third-order valence-electron chi connectivity index (χ3n) is 4.46. The number of carbonyl (C=O) groups is 1. The number of hydrogen-bond acceptors (Lipinski definition) is 2. The van der Waals surface area contributed by atoms with Crippen LogP contribution in [0.1, 0.15) is 24.8 Å². The number of amides is 1.